The van der Waals surface area contributed by atoms with E-state index < -0.39 is 23.1 Å². The number of carboxylic acids is 2. The maximum atomic E-state index is 11.5. The average Bonchev–Trinajstić information content (AvgIpc) is 4.48. The first-order chi connectivity index (χ1) is 39.2. The monoisotopic (exact) mass is 1190 g/mol. The molecule has 2 aromatic heterocycles. The fourth-order valence-corrected chi connectivity index (χ4v) is 14.2. The molecule has 2 aliphatic carbocycles. The Kier molecular flexibility index (Phi) is 21.7. The van der Waals surface area contributed by atoms with Crippen LogP contribution in [-0.2, 0) is 33.6 Å². The number of hydrogen-bond donors (Lipinski definition) is 3. The minimum atomic E-state index is -0.963. The molecule has 2 heterocycles. The molecule has 0 amide bonds. The van der Waals surface area contributed by atoms with Gasteiger partial charge in [0.2, 0.25) is 0 Å². The van der Waals surface area contributed by atoms with Crippen molar-refractivity contribution in [3.8, 4) is 0 Å². The Morgan fingerprint density at radius 1 is 0.566 bits per heavy atom. The number of nitrogens with zero attached hydrogens (tertiary/aromatic N) is 2. The zero-order chi connectivity index (χ0) is 58.1. The summed E-state index contributed by atoms with van der Waals surface area (Å²) in [6.07, 6.45) is 15.8. The molecule has 8 nitrogen and oxygen atoms in total. The Hall–Kier alpha value is -5.24. The topological polar surface area (TPSA) is 144 Å². The molecule has 3 N–H and O–H groups in total. The van der Waals surface area contributed by atoms with Crippen molar-refractivity contribution < 1.29 is 59.6 Å². The first kappa shape index (κ1) is 63.8. The van der Waals surface area contributed by atoms with Crippen molar-refractivity contribution in [2.75, 3.05) is 11.5 Å². The number of carbonyl (C=O) groups is 2. The summed E-state index contributed by atoms with van der Waals surface area (Å²) in [7, 11) is 0. The number of aliphatic carboxylic acids is 2. The first-order valence-electron chi connectivity index (χ1n) is 28.2. The van der Waals surface area contributed by atoms with Gasteiger partial charge in [-0.05, 0) is 195 Å². The molecule has 0 radical (unpaired) electrons. The van der Waals surface area contributed by atoms with Crippen molar-refractivity contribution in [1.82, 2.24) is 9.97 Å². The minimum absolute atomic E-state index is 0. The second-order valence-corrected chi connectivity index (χ2v) is 26.6. The van der Waals surface area contributed by atoms with Gasteiger partial charge in [-0.2, -0.15) is 23.5 Å². The maximum absolute atomic E-state index is 11.5. The molecule has 2 fully saturated rings. The zero-order valence-corrected chi connectivity index (χ0v) is 53.1. The number of aromatic nitrogens is 2. The summed E-state index contributed by atoms with van der Waals surface area (Å²) in [6, 6.07) is 52.8. The van der Waals surface area contributed by atoms with E-state index in [1.807, 2.05) is 154 Å². The van der Waals surface area contributed by atoms with E-state index in [2.05, 4.69) is 78.9 Å². The number of rotatable bonds is 24. The van der Waals surface area contributed by atoms with Gasteiger partial charge in [0.05, 0.1) is 40.0 Å². The van der Waals surface area contributed by atoms with Crippen LogP contribution in [0.2, 0.25) is 10.0 Å². The molecule has 0 aliphatic heterocycles. The molecular formula is C70H71Cl2N2NaO6S2. The SMILES string of the molecule is CC(C)(O)c1ccccc1CC[C@@H](SCC1(CC(=O)O)CC1)c1cccc(/C=C/c2ccc3ccc(Cl)cc3n2)c1.CC(C)(O)c1ccccc1CC[C@@H](SCC1(CC(=O)[O-])CC1)c1cccc(/C=C/c2ccc3ccc(Cl)cc3n2)c1.[Na+]. The maximum Gasteiger partial charge on any atom is 1.00 e. The second-order valence-electron chi connectivity index (χ2n) is 23.4. The standard InChI is InChI=1S/2C35H36ClNO3S.Na/c2*1-34(2,40)30-9-4-3-7-25(30)13-17-32(41-23-35(18-19-35)22-33(38)39)27-8-5-6-24(20-27)10-15-29-16-12-26-11-14-28(36)21-31(26)37-29;/h2*3-12,14-16,20-21,32,40H,13,17-19,22-23H2,1-2H3,(H,38,39);/q;;+1/p-1/b2*15-10+;/t2*32-;/m11./s1. The predicted octanol–water partition coefficient (Wildman–Crippen LogP) is 13.6. The molecule has 0 spiro atoms. The summed E-state index contributed by atoms with van der Waals surface area (Å²) in [6.45, 7) is 7.30. The van der Waals surface area contributed by atoms with E-state index >= 15 is 0 Å². The van der Waals surface area contributed by atoms with E-state index in [1.165, 1.54) is 11.1 Å². The molecule has 0 unspecified atom stereocenters. The third-order valence-electron chi connectivity index (χ3n) is 15.7. The van der Waals surface area contributed by atoms with Crippen LogP contribution in [0.4, 0.5) is 0 Å². The number of carbonyl (C=O) groups excluding carboxylic acids is 1. The molecule has 2 aliphatic rings. The Bertz CT molecular complexity index is 3390. The van der Waals surface area contributed by atoms with Gasteiger partial charge >= 0.3 is 35.5 Å². The van der Waals surface area contributed by atoms with E-state index in [0.29, 0.717) is 10.0 Å². The van der Waals surface area contributed by atoms with E-state index in [-0.39, 0.29) is 63.7 Å². The molecule has 13 heteroatoms. The average molecular weight is 1190 g/mol. The van der Waals surface area contributed by atoms with Gasteiger partial charge in [0.1, 0.15) is 0 Å². The zero-order valence-electron chi connectivity index (χ0n) is 48.0. The van der Waals surface area contributed by atoms with Crippen LogP contribution in [0, 0.1) is 10.8 Å². The first-order valence-corrected chi connectivity index (χ1v) is 31.0. The normalized spacial score (nSPS) is 15.1. The largest absolute Gasteiger partial charge is 1.00 e. The summed E-state index contributed by atoms with van der Waals surface area (Å²) in [4.78, 5) is 32.3. The summed E-state index contributed by atoms with van der Waals surface area (Å²) in [5.74, 6) is -0.0469. The van der Waals surface area contributed by atoms with E-state index in [0.717, 1.165) is 129 Å². The number of carboxylic acid groups (broad SMARTS) is 2. The van der Waals surface area contributed by atoms with Crippen LogP contribution in [0.25, 0.3) is 46.1 Å². The molecular weight excluding hydrogens is 1120 g/mol. The Labute approximate surface area is 529 Å². The number of benzene rings is 6. The molecule has 83 heavy (non-hydrogen) atoms. The predicted molar refractivity (Wildman–Crippen MR) is 340 cm³/mol. The number of halogens is 2. The molecule has 2 saturated carbocycles. The molecule has 2 atom stereocenters. The quantitative estimate of drug-likeness (QED) is 0.0500. The van der Waals surface area contributed by atoms with E-state index in [4.69, 9.17) is 33.2 Å². The van der Waals surface area contributed by atoms with Gasteiger partial charge in [0, 0.05) is 43.0 Å². The molecule has 424 valence electrons. The van der Waals surface area contributed by atoms with Crippen molar-refractivity contribution >= 4 is 105 Å². The van der Waals surface area contributed by atoms with Crippen molar-refractivity contribution in [3.05, 3.63) is 224 Å². The van der Waals surface area contributed by atoms with Crippen molar-refractivity contribution in [1.29, 1.82) is 0 Å². The fourth-order valence-electron chi connectivity index (χ4n) is 10.7. The smallest absolute Gasteiger partial charge is 0.550 e. The third-order valence-corrected chi connectivity index (χ3v) is 19.5. The van der Waals surface area contributed by atoms with Crippen molar-refractivity contribution in [2.24, 2.45) is 10.8 Å². The van der Waals surface area contributed by atoms with Crippen LogP contribution in [0.15, 0.2) is 158 Å². The number of fused-ring (bicyclic) bond motifs is 2. The fraction of sp³-hybridized carbons (Fsp3) is 0.314. The molecule has 0 bridgehead atoms. The summed E-state index contributed by atoms with van der Waals surface area (Å²) < 4.78 is 0. The number of aliphatic hydroxyl groups is 2. The number of thioether (sulfide) groups is 2. The van der Waals surface area contributed by atoms with Crippen LogP contribution in [0.1, 0.15) is 145 Å². The summed E-state index contributed by atoms with van der Waals surface area (Å²) >= 11 is 16.0. The summed E-state index contributed by atoms with van der Waals surface area (Å²) in [5.41, 5.74) is 10.2. The van der Waals surface area contributed by atoms with E-state index in [1.54, 1.807) is 0 Å². The van der Waals surface area contributed by atoms with Gasteiger partial charge in [0.15, 0.2) is 0 Å². The van der Waals surface area contributed by atoms with Crippen molar-refractivity contribution in [3.63, 3.8) is 0 Å². The number of hydrogen-bond acceptors (Lipinski definition) is 9. The minimum Gasteiger partial charge on any atom is -0.550 e. The van der Waals surface area contributed by atoms with Gasteiger partial charge in [0.25, 0.3) is 0 Å². The van der Waals surface area contributed by atoms with Crippen LogP contribution in [0.3, 0.4) is 0 Å². The van der Waals surface area contributed by atoms with Crippen LogP contribution < -0.4 is 34.7 Å². The third kappa shape index (κ3) is 18.4. The Morgan fingerprint density at radius 3 is 1.37 bits per heavy atom. The van der Waals surface area contributed by atoms with Gasteiger partial charge in [-0.1, -0.05) is 157 Å². The molecule has 6 aromatic carbocycles. The number of aryl methyl sites for hydroxylation is 2. The van der Waals surface area contributed by atoms with Crippen molar-refractivity contribution in [2.45, 2.75) is 114 Å². The number of pyridine rings is 2. The Morgan fingerprint density at radius 2 is 0.976 bits per heavy atom. The Balaban J connectivity index is 0.000000214. The van der Waals surface area contributed by atoms with Gasteiger partial charge in [-0.25, -0.2) is 9.97 Å². The van der Waals surface area contributed by atoms with Crippen LogP contribution in [-0.4, -0.2) is 48.7 Å². The molecule has 0 saturated heterocycles. The second kappa shape index (κ2) is 28.3. The summed E-state index contributed by atoms with van der Waals surface area (Å²) in [5, 5.41) is 46.1. The molecule has 8 aromatic rings. The van der Waals surface area contributed by atoms with Crippen LogP contribution >= 0.6 is 46.7 Å². The van der Waals surface area contributed by atoms with Gasteiger partial charge < -0.3 is 25.2 Å². The molecule has 10 rings (SSSR count). The van der Waals surface area contributed by atoms with E-state index in [9.17, 15) is 30.0 Å². The van der Waals surface area contributed by atoms with Crippen LogP contribution in [0.5, 0.6) is 0 Å². The van der Waals surface area contributed by atoms with Gasteiger partial charge in [-0.3, -0.25) is 4.79 Å². The van der Waals surface area contributed by atoms with Gasteiger partial charge in [-0.15, -0.1) is 0 Å².